The largest absolute Gasteiger partial charge is 0.481 e. The first-order valence-corrected chi connectivity index (χ1v) is 8.90. The monoisotopic (exact) mass is 361 g/mol. The number of hydrogen-bond donors (Lipinski definition) is 2. The summed E-state index contributed by atoms with van der Waals surface area (Å²) < 4.78 is 13.4. The Morgan fingerprint density at radius 1 is 1.16 bits per heavy atom. The predicted octanol–water partition coefficient (Wildman–Crippen LogP) is 4.06. The zero-order valence-electron chi connectivity index (χ0n) is 14.1. The molecule has 6 heteroatoms. The third-order valence-corrected chi connectivity index (χ3v) is 4.78. The van der Waals surface area contributed by atoms with E-state index in [9.17, 15) is 14.0 Å². The predicted molar refractivity (Wildman–Crippen MR) is 98.3 cm³/mol. The molecule has 0 unspecified atom stereocenters. The lowest BCUT2D eigenvalue weighted by Gasteiger charge is -2.24. The molecule has 2 N–H and O–H groups in total. The van der Waals surface area contributed by atoms with Gasteiger partial charge < -0.3 is 10.4 Å². The van der Waals surface area contributed by atoms with E-state index in [4.69, 9.17) is 5.11 Å². The van der Waals surface area contributed by atoms with Crippen LogP contribution in [0.5, 0.6) is 0 Å². The lowest BCUT2D eigenvalue weighted by molar-refractivity contribution is -0.133. The number of carboxylic acid groups (broad SMARTS) is 1. The van der Waals surface area contributed by atoms with Crippen LogP contribution in [0, 0.1) is 5.82 Å². The second kappa shape index (κ2) is 8.16. The fourth-order valence-electron chi connectivity index (χ4n) is 2.29. The quantitative estimate of drug-likeness (QED) is 0.780. The number of thioether (sulfide) groups is 1. The van der Waals surface area contributed by atoms with E-state index in [0.29, 0.717) is 17.0 Å². The number of carbonyl (C=O) groups excluding carboxylic acids is 1. The molecule has 0 saturated carbocycles. The molecule has 25 heavy (non-hydrogen) atoms. The minimum absolute atomic E-state index is 0.0309. The molecule has 0 heterocycles. The lowest BCUT2D eigenvalue weighted by Crippen LogP contribution is -2.34. The van der Waals surface area contributed by atoms with Crippen LogP contribution in [0.2, 0.25) is 0 Å². The van der Waals surface area contributed by atoms with Gasteiger partial charge >= 0.3 is 5.97 Å². The van der Waals surface area contributed by atoms with Crippen molar-refractivity contribution >= 4 is 29.3 Å². The van der Waals surface area contributed by atoms with Crippen LogP contribution in [0.4, 0.5) is 10.1 Å². The Hall–Kier alpha value is -2.34. The molecule has 0 bridgehead atoms. The average molecular weight is 361 g/mol. The summed E-state index contributed by atoms with van der Waals surface area (Å²) in [5.41, 5.74) is 1.25. The molecule has 2 aromatic rings. The maximum Gasteiger partial charge on any atom is 0.313 e. The third-order valence-electron chi connectivity index (χ3n) is 3.79. The molecule has 0 fully saturated rings. The zero-order valence-corrected chi connectivity index (χ0v) is 14.9. The van der Waals surface area contributed by atoms with Gasteiger partial charge in [-0.25, -0.2) is 4.39 Å². The van der Waals surface area contributed by atoms with Crippen LogP contribution >= 0.6 is 11.8 Å². The second-order valence-electron chi connectivity index (χ2n) is 6.18. The highest BCUT2D eigenvalue weighted by atomic mass is 32.2. The molecule has 0 spiro atoms. The van der Waals surface area contributed by atoms with Gasteiger partial charge in [0.1, 0.15) is 5.82 Å². The van der Waals surface area contributed by atoms with E-state index in [1.807, 2.05) is 18.2 Å². The van der Waals surface area contributed by atoms with Crippen LogP contribution in [0.25, 0.3) is 0 Å². The van der Waals surface area contributed by atoms with Crippen molar-refractivity contribution in [1.82, 2.24) is 0 Å². The maximum atomic E-state index is 13.4. The van der Waals surface area contributed by atoms with E-state index in [1.54, 1.807) is 32.0 Å². The first-order chi connectivity index (χ1) is 11.8. The topological polar surface area (TPSA) is 66.4 Å². The molecule has 4 nitrogen and oxygen atoms in total. The standard InChI is InChI=1S/C19H20FNO3S/c1-19(2,14-6-4-7-15(20)10-14)18(24)21-16-8-3-5-13(9-16)11-25-12-17(22)23/h3-10H,11-12H2,1-2H3,(H,21,24)(H,22,23). The summed E-state index contributed by atoms with van der Waals surface area (Å²) in [6.45, 7) is 3.48. The number of nitrogens with one attached hydrogen (secondary N) is 1. The summed E-state index contributed by atoms with van der Waals surface area (Å²) in [5, 5.41) is 11.5. The van der Waals surface area contributed by atoms with Crippen molar-refractivity contribution in [1.29, 1.82) is 0 Å². The fourth-order valence-corrected chi connectivity index (χ4v) is 2.98. The number of aliphatic carboxylic acids is 1. The summed E-state index contributed by atoms with van der Waals surface area (Å²) in [7, 11) is 0. The Morgan fingerprint density at radius 3 is 2.56 bits per heavy atom. The zero-order chi connectivity index (χ0) is 18.4. The number of rotatable bonds is 7. The second-order valence-corrected chi connectivity index (χ2v) is 7.16. The van der Waals surface area contributed by atoms with Crippen LogP contribution in [0.1, 0.15) is 25.0 Å². The van der Waals surface area contributed by atoms with Gasteiger partial charge in [0.25, 0.3) is 0 Å². The number of anilines is 1. The number of hydrogen-bond acceptors (Lipinski definition) is 3. The van der Waals surface area contributed by atoms with Gasteiger partial charge in [0, 0.05) is 11.4 Å². The highest BCUT2D eigenvalue weighted by Crippen LogP contribution is 2.26. The SMILES string of the molecule is CC(C)(C(=O)Nc1cccc(CSCC(=O)O)c1)c1cccc(F)c1. The highest BCUT2D eigenvalue weighted by molar-refractivity contribution is 7.99. The normalized spacial score (nSPS) is 11.2. The van der Waals surface area contributed by atoms with Gasteiger partial charge in [-0.2, -0.15) is 0 Å². The van der Waals surface area contributed by atoms with E-state index in [-0.39, 0.29) is 17.5 Å². The molecule has 0 atom stereocenters. The minimum Gasteiger partial charge on any atom is -0.481 e. The van der Waals surface area contributed by atoms with Gasteiger partial charge in [0.2, 0.25) is 5.91 Å². The van der Waals surface area contributed by atoms with Gasteiger partial charge in [-0.15, -0.1) is 11.8 Å². The molecule has 132 valence electrons. The molecule has 0 aromatic heterocycles. The first kappa shape index (κ1) is 19.0. The summed E-state index contributed by atoms with van der Waals surface area (Å²) >= 11 is 1.29. The molecule has 0 radical (unpaired) electrons. The first-order valence-electron chi connectivity index (χ1n) is 7.75. The molecule has 0 saturated heterocycles. The van der Waals surface area contributed by atoms with Gasteiger partial charge in [-0.1, -0.05) is 24.3 Å². The molecular formula is C19H20FNO3S. The fraction of sp³-hybridized carbons (Fsp3) is 0.263. The van der Waals surface area contributed by atoms with Crippen molar-refractivity contribution in [2.24, 2.45) is 0 Å². The Balaban J connectivity index is 2.08. The Kier molecular flexibility index (Phi) is 6.20. The summed E-state index contributed by atoms with van der Waals surface area (Å²) in [5.74, 6) is -0.900. The van der Waals surface area contributed by atoms with Crippen molar-refractivity contribution in [3.63, 3.8) is 0 Å². The summed E-state index contributed by atoms with van der Waals surface area (Å²) in [6.07, 6.45) is 0. The molecular weight excluding hydrogens is 341 g/mol. The van der Waals surface area contributed by atoms with Gasteiger partial charge in [0.05, 0.1) is 11.2 Å². The molecule has 0 aliphatic rings. The van der Waals surface area contributed by atoms with E-state index in [1.165, 1.54) is 23.9 Å². The van der Waals surface area contributed by atoms with Crippen LogP contribution in [-0.4, -0.2) is 22.7 Å². The number of benzene rings is 2. The van der Waals surface area contributed by atoms with Crippen molar-refractivity contribution in [2.75, 3.05) is 11.1 Å². The van der Waals surface area contributed by atoms with Crippen molar-refractivity contribution in [2.45, 2.75) is 25.0 Å². The molecule has 0 aliphatic carbocycles. The smallest absolute Gasteiger partial charge is 0.313 e. The van der Waals surface area contributed by atoms with Crippen molar-refractivity contribution < 1.29 is 19.1 Å². The van der Waals surface area contributed by atoms with Crippen LogP contribution < -0.4 is 5.32 Å². The number of halogens is 1. The maximum absolute atomic E-state index is 13.4. The Morgan fingerprint density at radius 2 is 1.88 bits per heavy atom. The molecule has 0 aliphatic heterocycles. The van der Waals surface area contributed by atoms with Gasteiger partial charge in [-0.3, -0.25) is 9.59 Å². The van der Waals surface area contributed by atoms with E-state index in [2.05, 4.69) is 5.32 Å². The number of carboxylic acids is 1. The van der Waals surface area contributed by atoms with Crippen molar-refractivity contribution in [3.8, 4) is 0 Å². The molecule has 1 amide bonds. The Bertz CT molecular complexity index is 777. The van der Waals surface area contributed by atoms with E-state index < -0.39 is 11.4 Å². The molecule has 2 rings (SSSR count). The lowest BCUT2D eigenvalue weighted by atomic mass is 9.83. The van der Waals surface area contributed by atoms with Crippen LogP contribution in [-0.2, 0) is 20.8 Å². The number of carbonyl (C=O) groups is 2. The Labute approximate surface area is 150 Å². The van der Waals surface area contributed by atoms with Gasteiger partial charge in [0.15, 0.2) is 0 Å². The summed E-state index contributed by atoms with van der Waals surface area (Å²) in [4.78, 5) is 23.2. The molecule has 2 aromatic carbocycles. The van der Waals surface area contributed by atoms with Crippen LogP contribution in [0.15, 0.2) is 48.5 Å². The van der Waals surface area contributed by atoms with Crippen LogP contribution in [0.3, 0.4) is 0 Å². The summed E-state index contributed by atoms with van der Waals surface area (Å²) in [6, 6.07) is 13.3. The third kappa shape index (κ3) is 5.32. The number of amides is 1. The van der Waals surface area contributed by atoms with E-state index >= 15 is 0 Å². The minimum atomic E-state index is -0.893. The van der Waals surface area contributed by atoms with Gasteiger partial charge in [-0.05, 0) is 49.2 Å². The highest BCUT2D eigenvalue weighted by Gasteiger charge is 2.30. The van der Waals surface area contributed by atoms with Crippen molar-refractivity contribution in [3.05, 3.63) is 65.5 Å². The van der Waals surface area contributed by atoms with E-state index in [0.717, 1.165) is 5.56 Å². The average Bonchev–Trinajstić information content (AvgIpc) is 2.55.